The molecule has 0 radical (unpaired) electrons. The summed E-state index contributed by atoms with van der Waals surface area (Å²) < 4.78 is 43.4. The van der Waals surface area contributed by atoms with Gasteiger partial charge < -0.3 is 24.4 Å². The molecule has 3 saturated heterocycles. The number of aromatic nitrogens is 3. The van der Waals surface area contributed by atoms with Gasteiger partial charge in [0.2, 0.25) is 5.95 Å². The fraction of sp³-hybridized carbons (Fsp3) is 0.500. The first-order chi connectivity index (χ1) is 23.4. The molecular weight excluding hydrogens is 654 g/mol. The van der Waals surface area contributed by atoms with Crippen LogP contribution in [0.3, 0.4) is 0 Å². The van der Waals surface area contributed by atoms with E-state index in [0.717, 1.165) is 43.5 Å². The Bertz CT molecular complexity index is 2050. The molecule has 2 N–H and O–H groups in total. The van der Waals surface area contributed by atoms with E-state index in [-0.39, 0.29) is 56.7 Å². The van der Waals surface area contributed by atoms with E-state index >= 15 is 8.78 Å². The number of fused-ring (bicyclic) bond motifs is 6. The number of likely N-dealkylation sites (N-methyl/N-ethyl adjacent to an activating group) is 1. The quantitative estimate of drug-likeness (QED) is 0.306. The Balaban J connectivity index is 1.21. The van der Waals surface area contributed by atoms with Crippen LogP contribution in [0.25, 0.3) is 32.2 Å². The van der Waals surface area contributed by atoms with Gasteiger partial charge >= 0.3 is 6.09 Å². The number of nitriles is 1. The average molecular weight is 691 g/mol. The van der Waals surface area contributed by atoms with Gasteiger partial charge in [-0.1, -0.05) is 0 Å². The van der Waals surface area contributed by atoms with Crippen molar-refractivity contribution in [1.29, 1.82) is 5.26 Å². The molecule has 49 heavy (non-hydrogen) atoms. The number of benzene rings is 1. The minimum Gasteiger partial charge on any atom is -0.444 e. The van der Waals surface area contributed by atoms with Gasteiger partial charge in [0.25, 0.3) is 0 Å². The lowest BCUT2D eigenvalue weighted by atomic mass is 9.94. The summed E-state index contributed by atoms with van der Waals surface area (Å²) in [5.74, 6) is -1.12. The molecule has 4 unspecified atom stereocenters. The van der Waals surface area contributed by atoms with Gasteiger partial charge in [-0.25, -0.2) is 23.5 Å². The highest BCUT2D eigenvalue weighted by Crippen LogP contribution is 2.46. The largest absolute Gasteiger partial charge is 0.444 e. The van der Waals surface area contributed by atoms with Gasteiger partial charge in [0, 0.05) is 60.8 Å². The lowest BCUT2D eigenvalue weighted by Gasteiger charge is -2.43. The zero-order valence-corrected chi connectivity index (χ0v) is 28.4. The third kappa shape index (κ3) is 5.37. The molecule has 4 atom stereocenters. The van der Waals surface area contributed by atoms with Crippen LogP contribution in [0, 0.1) is 23.0 Å². The van der Waals surface area contributed by atoms with Crippen molar-refractivity contribution in [3.63, 3.8) is 0 Å². The summed E-state index contributed by atoms with van der Waals surface area (Å²) in [6.07, 6.45) is 3.37. The summed E-state index contributed by atoms with van der Waals surface area (Å²) in [4.78, 5) is 33.0. The Labute approximate surface area is 285 Å². The van der Waals surface area contributed by atoms with E-state index in [1.807, 2.05) is 4.90 Å². The molecule has 15 heteroatoms. The van der Waals surface area contributed by atoms with E-state index in [1.54, 1.807) is 27.0 Å². The number of carbonyl (C=O) groups is 1. The summed E-state index contributed by atoms with van der Waals surface area (Å²) in [6.45, 7) is 8.12. The van der Waals surface area contributed by atoms with Gasteiger partial charge in [0.1, 0.15) is 22.2 Å². The number of halogens is 2. The number of carbonyl (C=O) groups excluding carboxylic acids is 1. The van der Waals surface area contributed by atoms with Crippen LogP contribution >= 0.6 is 11.3 Å². The van der Waals surface area contributed by atoms with Gasteiger partial charge in [-0.2, -0.15) is 5.26 Å². The molecule has 0 saturated carbocycles. The first-order valence-corrected chi connectivity index (χ1v) is 17.2. The molecule has 4 aliphatic rings. The fourth-order valence-electron chi connectivity index (χ4n) is 8.07. The van der Waals surface area contributed by atoms with Gasteiger partial charge in [-0.05, 0) is 51.8 Å². The number of nitrogens with zero attached hydrogens (tertiary/aromatic N) is 7. The van der Waals surface area contributed by atoms with Crippen molar-refractivity contribution in [1.82, 2.24) is 24.8 Å². The Hall–Kier alpha value is -4.07. The zero-order chi connectivity index (χ0) is 34.4. The summed E-state index contributed by atoms with van der Waals surface area (Å²) in [7, 11) is 2.14. The summed E-state index contributed by atoms with van der Waals surface area (Å²) in [6, 6.07) is 2.75. The number of rotatable bonds is 4. The van der Waals surface area contributed by atoms with Crippen LogP contribution in [0.1, 0.15) is 50.3 Å². The fourth-order valence-corrected chi connectivity index (χ4v) is 9.11. The standard InChI is InChI=1S/C34H36F2N8O4S/c1-34(2,3)48-33(46)41-31-18(7-37)26-29(38-9-22(35)30(26)49-31)25-21-15-47-14-20(21)19-8-39-32(40-28(19)27(25)36)43-12-23(24(45)13-43)44-16-5-6-17(44)11-42(4)10-16/h8-9,16-17,23-24,45H,5-6,10-15H2,1-4H3,(H,41,46). The molecule has 4 aromatic rings. The number of nitrogens with one attached hydrogen (secondary N) is 1. The molecule has 8 rings (SSSR count). The Morgan fingerprint density at radius 2 is 1.86 bits per heavy atom. The smallest absolute Gasteiger partial charge is 0.412 e. The second-order valence-corrected chi connectivity index (χ2v) is 15.4. The van der Waals surface area contributed by atoms with Crippen LogP contribution in [0.4, 0.5) is 24.5 Å². The molecule has 3 aromatic heterocycles. The van der Waals surface area contributed by atoms with Crippen molar-refractivity contribution in [3.8, 4) is 17.3 Å². The lowest BCUT2D eigenvalue weighted by Crippen LogP contribution is -2.59. The van der Waals surface area contributed by atoms with E-state index < -0.39 is 29.4 Å². The number of piperazine rings is 1. The molecular formula is C34H36F2N8O4S. The number of thiophene rings is 1. The lowest BCUT2D eigenvalue weighted by molar-refractivity contribution is 0.00542. The normalized spacial score (nSPS) is 24.2. The molecule has 256 valence electrons. The maximum Gasteiger partial charge on any atom is 0.412 e. The summed E-state index contributed by atoms with van der Waals surface area (Å²) in [5.41, 5.74) is 0.484. The van der Waals surface area contributed by atoms with Crippen LogP contribution in [0.5, 0.6) is 0 Å². The second kappa shape index (κ2) is 11.8. The van der Waals surface area contributed by atoms with Crippen molar-refractivity contribution in [2.24, 2.45) is 0 Å². The summed E-state index contributed by atoms with van der Waals surface area (Å²) >= 11 is 0.851. The molecule has 0 spiro atoms. The van der Waals surface area contributed by atoms with Gasteiger partial charge in [0.15, 0.2) is 11.6 Å². The molecule has 1 aromatic carbocycles. The van der Waals surface area contributed by atoms with Crippen LogP contribution in [-0.4, -0.2) is 99.0 Å². The van der Waals surface area contributed by atoms with Gasteiger partial charge in [-0.3, -0.25) is 15.2 Å². The van der Waals surface area contributed by atoms with Crippen molar-refractivity contribution in [2.75, 3.05) is 43.4 Å². The maximum absolute atomic E-state index is 17.0. The second-order valence-electron chi connectivity index (χ2n) is 14.4. The number of ether oxygens (including phenoxy) is 2. The molecule has 2 bridgehead atoms. The van der Waals surface area contributed by atoms with E-state index in [1.165, 1.54) is 0 Å². The number of aliphatic hydroxyl groups excluding tert-OH is 1. The molecule has 7 heterocycles. The van der Waals surface area contributed by atoms with Crippen LogP contribution < -0.4 is 10.2 Å². The van der Waals surface area contributed by atoms with Crippen molar-refractivity contribution in [2.45, 2.75) is 76.7 Å². The molecule has 12 nitrogen and oxygen atoms in total. The predicted molar refractivity (Wildman–Crippen MR) is 179 cm³/mol. The monoisotopic (exact) mass is 690 g/mol. The average Bonchev–Trinajstić information content (AvgIpc) is 3.81. The number of pyridine rings is 1. The van der Waals surface area contributed by atoms with E-state index in [2.05, 4.69) is 38.2 Å². The van der Waals surface area contributed by atoms with E-state index in [0.29, 0.717) is 47.6 Å². The number of β-amino-alcohol motifs (C(OH)–C–C–N with tert-alkyl or cyclic N) is 1. The SMILES string of the molecule is CN1CC2CCC(C1)N2C1CN(c2ncc3c4c(c(-c5ncc(F)c6sc(NC(=O)OC(C)(C)C)c(C#N)c56)c(F)c3n2)COC4)CC1O. The minimum absolute atomic E-state index is 0.0399. The number of amides is 1. The van der Waals surface area contributed by atoms with Crippen LogP contribution in [0.2, 0.25) is 0 Å². The third-order valence-corrected chi connectivity index (χ3v) is 11.1. The van der Waals surface area contributed by atoms with Gasteiger partial charge in [-0.15, -0.1) is 11.3 Å². The number of aliphatic hydroxyl groups is 1. The van der Waals surface area contributed by atoms with E-state index in [9.17, 15) is 15.2 Å². The number of hydrogen-bond acceptors (Lipinski definition) is 12. The third-order valence-electron chi connectivity index (χ3n) is 9.97. The molecule has 4 aliphatic heterocycles. The maximum atomic E-state index is 17.0. The topological polar surface area (TPSA) is 140 Å². The first kappa shape index (κ1) is 32.2. The van der Waals surface area contributed by atoms with Crippen molar-refractivity contribution < 1.29 is 28.2 Å². The molecule has 3 fully saturated rings. The Kier molecular flexibility index (Phi) is 7.72. The predicted octanol–water partition coefficient (Wildman–Crippen LogP) is 4.76. The number of hydrogen-bond donors (Lipinski definition) is 2. The molecule has 1 amide bonds. The number of anilines is 2. The van der Waals surface area contributed by atoms with Gasteiger partial charge in [0.05, 0.1) is 47.5 Å². The highest BCUT2D eigenvalue weighted by Gasteiger charge is 2.47. The summed E-state index contributed by atoms with van der Waals surface area (Å²) in [5, 5.41) is 24.7. The van der Waals surface area contributed by atoms with Crippen LogP contribution in [-0.2, 0) is 22.7 Å². The first-order valence-electron chi connectivity index (χ1n) is 16.4. The minimum atomic E-state index is -0.810. The Morgan fingerprint density at radius 3 is 2.57 bits per heavy atom. The zero-order valence-electron chi connectivity index (χ0n) is 27.6. The molecule has 0 aliphatic carbocycles. The Morgan fingerprint density at radius 1 is 1.12 bits per heavy atom. The van der Waals surface area contributed by atoms with Crippen molar-refractivity contribution >= 4 is 49.4 Å². The van der Waals surface area contributed by atoms with Crippen LogP contribution in [0.15, 0.2) is 12.4 Å². The van der Waals surface area contributed by atoms with Crippen molar-refractivity contribution in [3.05, 3.63) is 40.7 Å². The highest BCUT2D eigenvalue weighted by atomic mass is 32.1. The number of likely N-dealkylation sites (tertiary alicyclic amines) is 1. The highest BCUT2D eigenvalue weighted by molar-refractivity contribution is 7.23. The van der Waals surface area contributed by atoms with E-state index in [4.69, 9.17) is 14.5 Å².